The topological polar surface area (TPSA) is 115 Å². The molecular formula is C28H35N5O5. The van der Waals surface area contributed by atoms with E-state index in [4.69, 9.17) is 4.74 Å². The first-order valence-corrected chi connectivity index (χ1v) is 13.2. The molecular weight excluding hydrogens is 486 g/mol. The predicted molar refractivity (Wildman–Crippen MR) is 141 cm³/mol. The Labute approximate surface area is 221 Å². The molecule has 1 aromatic carbocycles. The van der Waals surface area contributed by atoms with Crippen molar-refractivity contribution >= 4 is 28.9 Å². The Kier molecular flexibility index (Phi) is 6.82. The number of amides is 3. The number of nitrogens with one attached hydrogen (secondary N) is 2. The van der Waals surface area contributed by atoms with E-state index in [1.54, 1.807) is 7.05 Å². The zero-order valence-corrected chi connectivity index (χ0v) is 22.4. The highest BCUT2D eigenvalue weighted by Crippen LogP contribution is 2.31. The predicted octanol–water partition coefficient (Wildman–Crippen LogP) is 1.90. The van der Waals surface area contributed by atoms with Gasteiger partial charge in [0.1, 0.15) is 11.6 Å². The van der Waals surface area contributed by atoms with Crippen LogP contribution in [0.5, 0.6) is 0 Å². The number of nitrogens with zero attached hydrogens (tertiary/aromatic N) is 3. The van der Waals surface area contributed by atoms with E-state index in [0.717, 1.165) is 38.0 Å². The van der Waals surface area contributed by atoms with E-state index in [0.29, 0.717) is 29.3 Å². The molecule has 10 nitrogen and oxygen atoms in total. The maximum absolute atomic E-state index is 12.9. The van der Waals surface area contributed by atoms with Gasteiger partial charge < -0.3 is 15.0 Å². The minimum absolute atomic E-state index is 0.197. The molecule has 0 spiro atoms. The fraction of sp³-hybridized carbons (Fsp3) is 0.571. The molecule has 1 aromatic heterocycles. The highest BCUT2D eigenvalue weighted by atomic mass is 16.6. The lowest BCUT2D eigenvalue weighted by Crippen LogP contribution is -2.53. The van der Waals surface area contributed by atoms with Crippen molar-refractivity contribution in [1.29, 1.82) is 0 Å². The second-order valence-corrected chi connectivity index (χ2v) is 11.7. The first-order valence-electron chi connectivity index (χ1n) is 13.2. The van der Waals surface area contributed by atoms with Gasteiger partial charge in [-0.1, -0.05) is 11.8 Å². The van der Waals surface area contributed by atoms with Gasteiger partial charge in [0.25, 0.3) is 0 Å². The minimum Gasteiger partial charge on any atom is -0.444 e. The van der Waals surface area contributed by atoms with Crippen molar-refractivity contribution in [1.82, 2.24) is 24.7 Å². The molecule has 0 radical (unpaired) electrons. The number of carbonyl (C=O) groups is 3. The van der Waals surface area contributed by atoms with Gasteiger partial charge in [0.2, 0.25) is 11.8 Å². The quantitative estimate of drug-likeness (QED) is 0.469. The van der Waals surface area contributed by atoms with Crippen molar-refractivity contribution in [3.63, 3.8) is 0 Å². The number of aromatic nitrogens is 2. The lowest BCUT2D eigenvalue weighted by Gasteiger charge is -2.43. The number of alkyl carbamates (subject to hydrolysis) is 1. The van der Waals surface area contributed by atoms with Crippen molar-refractivity contribution in [2.45, 2.75) is 64.1 Å². The maximum atomic E-state index is 12.9. The lowest BCUT2D eigenvalue weighted by atomic mass is 9.79. The fourth-order valence-electron chi connectivity index (χ4n) is 5.51. The van der Waals surface area contributed by atoms with Gasteiger partial charge in [-0.25, -0.2) is 9.59 Å². The van der Waals surface area contributed by atoms with Crippen LogP contribution in [0.4, 0.5) is 4.79 Å². The van der Waals surface area contributed by atoms with Crippen LogP contribution in [-0.4, -0.2) is 63.2 Å². The van der Waals surface area contributed by atoms with E-state index in [-0.39, 0.29) is 30.2 Å². The summed E-state index contributed by atoms with van der Waals surface area (Å²) in [5.41, 5.74) is 1.42. The van der Waals surface area contributed by atoms with Gasteiger partial charge in [-0.05, 0) is 64.2 Å². The van der Waals surface area contributed by atoms with Gasteiger partial charge in [0.15, 0.2) is 0 Å². The van der Waals surface area contributed by atoms with E-state index in [1.165, 1.54) is 9.13 Å². The van der Waals surface area contributed by atoms with Gasteiger partial charge in [-0.3, -0.25) is 24.0 Å². The third-order valence-electron chi connectivity index (χ3n) is 7.46. The largest absolute Gasteiger partial charge is 0.444 e. The van der Waals surface area contributed by atoms with Crippen LogP contribution in [0.1, 0.15) is 58.1 Å². The number of aryl methyl sites for hydroxylation is 1. The number of ether oxygens (including phenoxy) is 1. The van der Waals surface area contributed by atoms with Crippen LogP contribution in [-0.2, 0) is 21.4 Å². The summed E-state index contributed by atoms with van der Waals surface area (Å²) in [4.78, 5) is 51.1. The molecule has 3 fully saturated rings. The van der Waals surface area contributed by atoms with E-state index < -0.39 is 17.6 Å². The van der Waals surface area contributed by atoms with Crippen molar-refractivity contribution in [3.05, 3.63) is 34.2 Å². The van der Waals surface area contributed by atoms with Crippen molar-refractivity contribution in [3.8, 4) is 11.8 Å². The van der Waals surface area contributed by atoms with Crippen LogP contribution in [0, 0.1) is 23.7 Å². The number of imide groups is 1. The van der Waals surface area contributed by atoms with Gasteiger partial charge in [-0.15, -0.1) is 0 Å². The van der Waals surface area contributed by atoms with Crippen molar-refractivity contribution < 1.29 is 19.1 Å². The zero-order chi connectivity index (χ0) is 27.2. The molecule has 3 amide bonds. The summed E-state index contributed by atoms with van der Waals surface area (Å²) >= 11 is 0. The molecule has 10 heteroatoms. The molecule has 2 aliphatic heterocycles. The van der Waals surface area contributed by atoms with Crippen LogP contribution < -0.4 is 16.3 Å². The van der Waals surface area contributed by atoms with Crippen LogP contribution in [0.2, 0.25) is 0 Å². The summed E-state index contributed by atoms with van der Waals surface area (Å²) in [5.74, 6) is 6.74. The average molecular weight is 522 g/mol. The number of fused-ring (bicyclic) bond motifs is 1. The van der Waals surface area contributed by atoms with Gasteiger partial charge in [0.05, 0.1) is 11.0 Å². The molecule has 3 heterocycles. The summed E-state index contributed by atoms with van der Waals surface area (Å²) in [6, 6.07) is 5.09. The molecule has 38 heavy (non-hydrogen) atoms. The maximum Gasteiger partial charge on any atom is 0.407 e. The Bertz CT molecular complexity index is 1390. The number of carbonyl (C=O) groups excluding carboxylic acids is 3. The molecule has 1 aliphatic carbocycles. The Morgan fingerprint density at radius 3 is 2.58 bits per heavy atom. The number of rotatable bonds is 4. The van der Waals surface area contributed by atoms with E-state index in [1.807, 2.05) is 39.0 Å². The second kappa shape index (κ2) is 9.95. The monoisotopic (exact) mass is 521 g/mol. The normalized spacial score (nSPS) is 24.2. The summed E-state index contributed by atoms with van der Waals surface area (Å²) in [5, 5.41) is 5.28. The SMILES string of the molecule is Cn1c(=O)n(C2CCC(=O)NC2=O)c2ccc(C#CC3CN(CC4CC(NC(=O)OC(C)(C)C)C4)C3)cc21. The number of imidazole rings is 1. The van der Waals surface area contributed by atoms with Crippen LogP contribution >= 0.6 is 0 Å². The first kappa shape index (κ1) is 26.0. The molecule has 1 unspecified atom stereocenters. The fourth-order valence-corrected chi connectivity index (χ4v) is 5.51. The molecule has 0 bridgehead atoms. The van der Waals surface area contributed by atoms with Crippen molar-refractivity contribution in [2.24, 2.45) is 18.9 Å². The molecule has 1 atom stereocenters. The van der Waals surface area contributed by atoms with Gasteiger partial charge in [0, 0.05) is 50.6 Å². The number of hydrogen-bond donors (Lipinski definition) is 2. The van der Waals surface area contributed by atoms with Gasteiger partial charge >= 0.3 is 11.8 Å². The molecule has 5 rings (SSSR count). The summed E-state index contributed by atoms with van der Waals surface area (Å²) in [6.45, 7) is 8.47. The summed E-state index contributed by atoms with van der Waals surface area (Å²) in [7, 11) is 1.68. The molecule has 2 saturated heterocycles. The second-order valence-electron chi connectivity index (χ2n) is 11.7. The van der Waals surface area contributed by atoms with Crippen LogP contribution in [0.25, 0.3) is 11.0 Å². The first-order chi connectivity index (χ1) is 18.0. The number of benzene rings is 1. The summed E-state index contributed by atoms with van der Waals surface area (Å²) < 4.78 is 8.33. The highest BCUT2D eigenvalue weighted by molar-refractivity contribution is 6.00. The Balaban J connectivity index is 1.13. The Hall–Kier alpha value is -3.58. The molecule has 2 aromatic rings. The number of piperidine rings is 1. The van der Waals surface area contributed by atoms with Crippen molar-refractivity contribution in [2.75, 3.05) is 19.6 Å². The van der Waals surface area contributed by atoms with E-state index >= 15 is 0 Å². The summed E-state index contributed by atoms with van der Waals surface area (Å²) in [6.07, 6.45) is 2.13. The number of likely N-dealkylation sites (tertiary alicyclic amines) is 1. The third kappa shape index (κ3) is 5.48. The molecule has 3 aliphatic rings. The Morgan fingerprint density at radius 2 is 1.89 bits per heavy atom. The molecule has 1 saturated carbocycles. The zero-order valence-electron chi connectivity index (χ0n) is 22.4. The number of hydrogen-bond acceptors (Lipinski definition) is 6. The lowest BCUT2D eigenvalue weighted by molar-refractivity contribution is -0.135. The molecule has 2 N–H and O–H groups in total. The Morgan fingerprint density at radius 1 is 1.16 bits per heavy atom. The standard InChI is InChI=1S/C28H35N5O5/c1-28(2,3)38-26(36)29-20-11-19(12-20)16-32-14-18(15-32)6-5-17-7-8-21-23(13-17)31(4)27(37)33(21)22-9-10-24(34)30-25(22)35/h7-8,13,18-20,22H,9-12,14-16H2,1-4H3,(H,29,36)(H,30,34,35). The average Bonchev–Trinajstić information content (AvgIpc) is 3.02. The van der Waals surface area contributed by atoms with Gasteiger partial charge in [-0.2, -0.15) is 0 Å². The van der Waals surface area contributed by atoms with Crippen LogP contribution in [0.15, 0.2) is 23.0 Å². The molecule has 202 valence electrons. The third-order valence-corrected chi connectivity index (χ3v) is 7.46. The van der Waals surface area contributed by atoms with E-state index in [9.17, 15) is 19.2 Å². The smallest absolute Gasteiger partial charge is 0.407 e. The highest BCUT2D eigenvalue weighted by Gasteiger charge is 2.35. The van der Waals surface area contributed by atoms with Crippen LogP contribution in [0.3, 0.4) is 0 Å². The minimum atomic E-state index is -0.694. The van der Waals surface area contributed by atoms with E-state index in [2.05, 4.69) is 27.4 Å².